The summed E-state index contributed by atoms with van der Waals surface area (Å²) in [6.07, 6.45) is 2.44. The van der Waals surface area contributed by atoms with Gasteiger partial charge >= 0.3 is 0 Å². The van der Waals surface area contributed by atoms with Gasteiger partial charge in [0.15, 0.2) is 0 Å². The van der Waals surface area contributed by atoms with E-state index >= 15 is 0 Å². The van der Waals surface area contributed by atoms with E-state index in [2.05, 4.69) is 29.6 Å². The smallest absolute Gasteiger partial charge is 0.123 e. The monoisotopic (exact) mass is 241 g/mol. The van der Waals surface area contributed by atoms with Crippen LogP contribution in [0.4, 0.5) is 4.39 Å². The molecule has 1 heterocycles. The van der Waals surface area contributed by atoms with Gasteiger partial charge in [0.05, 0.1) is 0 Å². The van der Waals surface area contributed by atoms with Gasteiger partial charge in [0.2, 0.25) is 0 Å². The van der Waals surface area contributed by atoms with E-state index in [1.54, 1.807) is 0 Å². The second kappa shape index (κ2) is 4.91. The molecule has 0 radical (unpaired) electrons. The van der Waals surface area contributed by atoms with Crippen molar-refractivity contribution in [2.24, 2.45) is 0 Å². The molecule has 3 rings (SSSR count). The van der Waals surface area contributed by atoms with E-state index in [-0.39, 0.29) is 5.82 Å². The Labute approximate surface area is 107 Å². The van der Waals surface area contributed by atoms with Crippen LogP contribution < -0.4 is 5.32 Å². The van der Waals surface area contributed by atoms with Gasteiger partial charge in [-0.25, -0.2) is 4.39 Å². The maximum absolute atomic E-state index is 12.9. The molecule has 1 aliphatic rings. The van der Waals surface area contributed by atoms with Crippen LogP contribution in [0.25, 0.3) is 11.1 Å². The molecule has 18 heavy (non-hydrogen) atoms. The number of halogens is 1. The second-order valence-electron chi connectivity index (χ2n) is 4.78. The lowest BCUT2D eigenvalue weighted by molar-refractivity contribution is 0.628. The summed E-state index contributed by atoms with van der Waals surface area (Å²) >= 11 is 0. The molecule has 0 amide bonds. The zero-order valence-corrected chi connectivity index (χ0v) is 10.2. The minimum Gasteiger partial charge on any atom is -0.310 e. The lowest BCUT2D eigenvalue weighted by atomic mass is 9.99. The normalized spacial score (nSPS) is 19.1. The van der Waals surface area contributed by atoms with Crippen LogP contribution in [0, 0.1) is 5.82 Å². The first-order valence-corrected chi connectivity index (χ1v) is 6.42. The predicted molar refractivity (Wildman–Crippen MR) is 71.8 cm³/mol. The lowest BCUT2D eigenvalue weighted by Crippen LogP contribution is -2.12. The molecule has 1 atom stereocenters. The SMILES string of the molecule is Fc1ccc(-c2cccc([C@@H]3CCCN3)c2)cc1. The van der Waals surface area contributed by atoms with E-state index in [0.717, 1.165) is 17.7 Å². The Morgan fingerprint density at radius 2 is 1.83 bits per heavy atom. The highest BCUT2D eigenvalue weighted by Crippen LogP contribution is 2.27. The molecular formula is C16H16FN. The summed E-state index contributed by atoms with van der Waals surface area (Å²) in [6, 6.07) is 15.7. The summed E-state index contributed by atoms with van der Waals surface area (Å²) in [7, 11) is 0. The summed E-state index contributed by atoms with van der Waals surface area (Å²) in [5.41, 5.74) is 3.55. The summed E-state index contributed by atoms with van der Waals surface area (Å²) in [5.74, 6) is -0.188. The predicted octanol–water partition coefficient (Wildman–Crippen LogP) is 3.92. The van der Waals surface area contributed by atoms with Gasteiger partial charge in [0.1, 0.15) is 5.82 Å². The number of nitrogens with one attached hydrogen (secondary N) is 1. The standard InChI is InChI=1S/C16H16FN/c17-15-8-6-12(7-9-15)13-3-1-4-14(11-13)16-5-2-10-18-16/h1,3-4,6-9,11,16,18H,2,5,10H2/t16-/m0/s1. The molecule has 1 saturated heterocycles. The van der Waals surface area contributed by atoms with Crippen LogP contribution in [0.1, 0.15) is 24.4 Å². The first-order valence-electron chi connectivity index (χ1n) is 6.42. The minimum atomic E-state index is -0.188. The Morgan fingerprint density at radius 3 is 2.56 bits per heavy atom. The van der Waals surface area contributed by atoms with E-state index in [1.807, 2.05) is 12.1 Å². The molecule has 0 unspecified atom stereocenters. The largest absolute Gasteiger partial charge is 0.310 e. The third-order valence-corrected chi connectivity index (χ3v) is 3.53. The van der Waals surface area contributed by atoms with Crippen molar-refractivity contribution in [2.45, 2.75) is 18.9 Å². The van der Waals surface area contributed by atoms with Crippen molar-refractivity contribution >= 4 is 0 Å². The van der Waals surface area contributed by atoms with Gasteiger partial charge in [-0.1, -0.05) is 30.3 Å². The molecule has 2 aromatic rings. The van der Waals surface area contributed by atoms with Crippen LogP contribution in [0.5, 0.6) is 0 Å². The molecule has 0 bridgehead atoms. The number of rotatable bonds is 2. The highest BCUT2D eigenvalue weighted by Gasteiger charge is 2.16. The molecule has 1 fully saturated rings. The molecule has 0 aliphatic carbocycles. The van der Waals surface area contributed by atoms with Gasteiger partial charge < -0.3 is 5.32 Å². The van der Waals surface area contributed by atoms with Crippen molar-refractivity contribution in [2.75, 3.05) is 6.54 Å². The average molecular weight is 241 g/mol. The van der Waals surface area contributed by atoms with Gasteiger partial charge in [-0.2, -0.15) is 0 Å². The molecule has 1 aliphatic heterocycles. The summed E-state index contributed by atoms with van der Waals surface area (Å²) in [6.45, 7) is 1.10. The molecule has 0 saturated carbocycles. The van der Waals surface area contributed by atoms with Gasteiger partial charge in [-0.05, 0) is 54.3 Å². The quantitative estimate of drug-likeness (QED) is 0.840. The molecule has 92 valence electrons. The van der Waals surface area contributed by atoms with E-state index in [1.165, 1.54) is 30.5 Å². The van der Waals surface area contributed by atoms with E-state index in [4.69, 9.17) is 0 Å². The van der Waals surface area contributed by atoms with Crippen molar-refractivity contribution in [3.8, 4) is 11.1 Å². The molecule has 1 N–H and O–H groups in total. The van der Waals surface area contributed by atoms with Crippen molar-refractivity contribution in [1.82, 2.24) is 5.32 Å². The first-order chi connectivity index (χ1) is 8.83. The molecular weight excluding hydrogens is 225 g/mol. The molecule has 2 aromatic carbocycles. The Bertz CT molecular complexity index is 527. The fourth-order valence-corrected chi connectivity index (χ4v) is 2.55. The Kier molecular flexibility index (Phi) is 3.11. The fourth-order valence-electron chi connectivity index (χ4n) is 2.55. The van der Waals surface area contributed by atoms with Crippen molar-refractivity contribution in [1.29, 1.82) is 0 Å². The number of benzene rings is 2. The zero-order chi connectivity index (χ0) is 12.4. The van der Waals surface area contributed by atoms with Crippen molar-refractivity contribution < 1.29 is 4.39 Å². The lowest BCUT2D eigenvalue weighted by Gasteiger charge is -2.12. The third-order valence-electron chi connectivity index (χ3n) is 3.53. The fraction of sp³-hybridized carbons (Fsp3) is 0.250. The van der Waals surface area contributed by atoms with Crippen LogP contribution in [0.3, 0.4) is 0 Å². The van der Waals surface area contributed by atoms with Crippen LogP contribution in [-0.2, 0) is 0 Å². The molecule has 0 spiro atoms. The summed E-state index contributed by atoms with van der Waals surface area (Å²) in [5, 5.41) is 3.50. The van der Waals surface area contributed by atoms with Gasteiger partial charge in [-0.3, -0.25) is 0 Å². The number of hydrogen-bond donors (Lipinski definition) is 1. The summed E-state index contributed by atoms with van der Waals surface area (Å²) < 4.78 is 12.9. The van der Waals surface area contributed by atoms with Crippen LogP contribution in [0.15, 0.2) is 48.5 Å². The average Bonchev–Trinajstić information content (AvgIpc) is 2.94. The maximum atomic E-state index is 12.9. The molecule has 0 aromatic heterocycles. The van der Waals surface area contributed by atoms with E-state index in [0.29, 0.717) is 6.04 Å². The van der Waals surface area contributed by atoms with E-state index in [9.17, 15) is 4.39 Å². The van der Waals surface area contributed by atoms with Crippen molar-refractivity contribution in [3.63, 3.8) is 0 Å². The third kappa shape index (κ3) is 2.29. The minimum absolute atomic E-state index is 0.188. The van der Waals surface area contributed by atoms with Gasteiger partial charge in [0, 0.05) is 6.04 Å². The first kappa shape index (κ1) is 11.4. The van der Waals surface area contributed by atoms with Gasteiger partial charge in [0.25, 0.3) is 0 Å². The van der Waals surface area contributed by atoms with Crippen LogP contribution in [-0.4, -0.2) is 6.54 Å². The Balaban J connectivity index is 1.92. The van der Waals surface area contributed by atoms with Gasteiger partial charge in [-0.15, -0.1) is 0 Å². The summed E-state index contributed by atoms with van der Waals surface area (Å²) in [4.78, 5) is 0. The number of hydrogen-bond acceptors (Lipinski definition) is 1. The van der Waals surface area contributed by atoms with Crippen molar-refractivity contribution in [3.05, 3.63) is 59.9 Å². The Morgan fingerprint density at radius 1 is 1.00 bits per heavy atom. The molecule has 2 heteroatoms. The Hall–Kier alpha value is -1.67. The second-order valence-corrected chi connectivity index (χ2v) is 4.78. The zero-order valence-electron chi connectivity index (χ0n) is 10.2. The van der Waals surface area contributed by atoms with Crippen LogP contribution in [0.2, 0.25) is 0 Å². The maximum Gasteiger partial charge on any atom is 0.123 e. The molecule has 1 nitrogen and oxygen atoms in total. The highest BCUT2D eigenvalue weighted by molar-refractivity contribution is 5.64. The van der Waals surface area contributed by atoms with Crippen LogP contribution >= 0.6 is 0 Å². The highest BCUT2D eigenvalue weighted by atomic mass is 19.1. The topological polar surface area (TPSA) is 12.0 Å². The van der Waals surface area contributed by atoms with E-state index < -0.39 is 0 Å².